The van der Waals surface area contributed by atoms with E-state index in [0.717, 1.165) is 0 Å². The molecule has 0 spiro atoms. The van der Waals surface area contributed by atoms with Crippen LogP contribution in [0.3, 0.4) is 0 Å². The zero-order chi connectivity index (χ0) is 12.9. The summed E-state index contributed by atoms with van der Waals surface area (Å²) < 4.78 is 5.03. The summed E-state index contributed by atoms with van der Waals surface area (Å²) in [6.07, 6.45) is -0.584. The SMILES string of the molecule is CC(C)NC(=O)[C@@H](C)NC(=O)OC(C)(C)C. The lowest BCUT2D eigenvalue weighted by molar-refractivity contribution is -0.123. The topological polar surface area (TPSA) is 67.4 Å². The second-order valence-corrected chi connectivity index (χ2v) is 5.03. The quantitative estimate of drug-likeness (QED) is 0.770. The average molecular weight is 230 g/mol. The van der Waals surface area contributed by atoms with Gasteiger partial charge in [0, 0.05) is 6.04 Å². The largest absolute Gasteiger partial charge is 0.444 e. The molecule has 0 fully saturated rings. The maximum Gasteiger partial charge on any atom is 0.408 e. The summed E-state index contributed by atoms with van der Waals surface area (Å²) in [5.74, 6) is -0.221. The zero-order valence-electron chi connectivity index (χ0n) is 10.9. The van der Waals surface area contributed by atoms with E-state index in [2.05, 4.69) is 10.6 Å². The minimum atomic E-state index is -0.600. The van der Waals surface area contributed by atoms with Crippen LogP contribution in [0.25, 0.3) is 0 Å². The first-order chi connectivity index (χ1) is 7.11. The highest BCUT2D eigenvalue weighted by Crippen LogP contribution is 2.06. The number of alkyl carbamates (subject to hydrolysis) is 1. The number of nitrogens with one attached hydrogen (secondary N) is 2. The molecule has 0 rings (SSSR count). The van der Waals surface area contributed by atoms with Crippen molar-refractivity contribution in [2.75, 3.05) is 0 Å². The molecule has 0 bridgehead atoms. The van der Waals surface area contributed by atoms with Gasteiger partial charge in [0.1, 0.15) is 11.6 Å². The Morgan fingerprint density at radius 1 is 1.06 bits per heavy atom. The molecule has 0 aromatic carbocycles. The van der Waals surface area contributed by atoms with Gasteiger partial charge < -0.3 is 15.4 Å². The Kier molecular flexibility index (Phi) is 5.27. The monoisotopic (exact) mass is 230 g/mol. The third-order valence-corrected chi connectivity index (χ3v) is 1.56. The molecule has 0 aromatic rings. The molecule has 2 amide bonds. The van der Waals surface area contributed by atoms with E-state index in [0.29, 0.717) is 0 Å². The Hall–Kier alpha value is -1.26. The molecule has 0 unspecified atom stereocenters. The van der Waals surface area contributed by atoms with Crippen molar-refractivity contribution in [3.8, 4) is 0 Å². The van der Waals surface area contributed by atoms with Crippen LogP contribution in [0.5, 0.6) is 0 Å². The Morgan fingerprint density at radius 3 is 1.94 bits per heavy atom. The third-order valence-electron chi connectivity index (χ3n) is 1.56. The molecule has 16 heavy (non-hydrogen) atoms. The Labute approximate surface area is 96.9 Å². The molecule has 1 atom stereocenters. The molecular weight excluding hydrogens is 208 g/mol. The Bertz CT molecular complexity index is 256. The van der Waals surface area contributed by atoms with Gasteiger partial charge in [-0.2, -0.15) is 0 Å². The molecule has 0 radical (unpaired) electrons. The highest BCUT2D eigenvalue weighted by Gasteiger charge is 2.20. The van der Waals surface area contributed by atoms with Gasteiger partial charge in [-0.15, -0.1) is 0 Å². The predicted octanol–water partition coefficient (Wildman–Crippen LogP) is 1.42. The maximum absolute atomic E-state index is 11.5. The fraction of sp³-hybridized carbons (Fsp3) is 0.818. The highest BCUT2D eigenvalue weighted by molar-refractivity contribution is 5.85. The number of hydrogen-bond donors (Lipinski definition) is 2. The lowest BCUT2D eigenvalue weighted by atomic mass is 10.2. The van der Waals surface area contributed by atoms with Gasteiger partial charge in [0.05, 0.1) is 0 Å². The Balaban J connectivity index is 4.09. The number of hydrogen-bond acceptors (Lipinski definition) is 3. The predicted molar refractivity (Wildman–Crippen MR) is 62.1 cm³/mol. The van der Waals surface area contributed by atoms with Crippen molar-refractivity contribution in [3.05, 3.63) is 0 Å². The summed E-state index contributed by atoms with van der Waals surface area (Å²) in [6.45, 7) is 10.6. The normalized spacial score (nSPS) is 13.2. The van der Waals surface area contributed by atoms with Gasteiger partial charge in [-0.25, -0.2) is 4.79 Å². The van der Waals surface area contributed by atoms with Gasteiger partial charge in [0.15, 0.2) is 0 Å². The van der Waals surface area contributed by atoms with Crippen molar-refractivity contribution < 1.29 is 14.3 Å². The van der Waals surface area contributed by atoms with E-state index in [1.807, 2.05) is 13.8 Å². The van der Waals surface area contributed by atoms with Gasteiger partial charge >= 0.3 is 6.09 Å². The summed E-state index contributed by atoms with van der Waals surface area (Å²) in [5.41, 5.74) is -0.557. The van der Waals surface area contributed by atoms with Crippen LogP contribution in [-0.4, -0.2) is 29.7 Å². The lowest BCUT2D eigenvalue weighted by Gasteiger charge is -2.22. The average Bonchev–Trinajstić information content (AvgIpc) is 1.98. The Morgan fingerprint density at radius 2 is 1.56 bits per heavy atom. The number of carbonyl (C=O) groups excluding carboxylic acids is 2. The zero-order valence-corrected chi connectivity index (χ0v) is 10.9. The fourth-order valence-corrected chi connectivity index (χ4v) is 0.959. The fourth-order valence-electron chi connectivity index (χ4n) is 0.959. The van der Waals surface area contributed by atoms with E-state index in [-0.39, 0.29) is 11.9 Å². The molecule has 0 aliphatic carbocycles. The summed E-state index contributed by atoms with van der Waals surface area (Å²) in [7, 11) is 0. The van der Waals surface area contributed by atoms with Crippen LogP contribution in [0.1, 0.15) is 41.5 Å². The minimum Gasteiger partial charge on any atom is -0.444 e. The van der Waals surface area contributed by atoms with Gasteiger partial charge in [0.2, 0.25) is 5.91 Å². The van der Waals surface area contributed by atoms with Crippen LogP contribution in [0.2, 0.25) is 0 Å². The summed E-state index contributed by atoms with van der Waals surface area (Å²) in [4.78, 5) is 22.8. The second-order valence-electron chi connectivity index (χ2n) is 5.03. The molecule has 0 saturated heterocycles. The molecule has 2 N–H and O–H groups in total. The molecule has 5 heteroatoms. The van der Waals surface area contributed by atoms with E-state index in [1.165, 1.54) is 0 Å². The van der Waals surface area contributed by atoms with Crippen LogP contribution in [0, 0.1) is 0 Å². The molecular formula is C11H22N2O3. The first kappa shape index (κ1) is 14.7. The molecule has 0 saturated carbocycles. The molecule has 0 aliphatic heterocycles. The standard InChI is InChI=1S/C11H22N2O3/c1-7(2)12-9(14)8(3)13-10(15)16-11(4,5)6/h7-8H,1-6H3,(H,12,14)(H,13,15)/t8-/m1/s1. The molecule has 0 aromatic heterocycles. The van der Waals surface area contributed by atoms with E-state index >= 15 is 0 Å². The molecule has 0 heterocycles. The van der Waals surface area contributed by atoms with Gasteiger partial charge in [-0.3, -0.25) is 4.79 Å². The van der Waals surface area contributed by atoms with Crippen LogP contribution in [0.15, 0.2) is 0 Å². The van der Waals surface area contributed by atoms with E-state index in [4.69, 9.17) is 4.74 Å². The lowest BCUT2D eigenvalue weighted by Crippen LogP contribution is -2.48. The summed E-state index contributed by atoms with van der Waals surface area (Å²) >= 11 is 0. The highest BCUT2D eigenvalue weighted by atomic mass is 16.6. The molecule has 5 nitrogen and oxygen atoms in total. The van der Waals surface area contributed by atoms with Crippen molar-refractivity contribution in [3.63, 3.8) is 0 Å². The van der Waals surface area contributed by atoms with Crippen LogP contribution < -0.4 is 10.6 Å². The van der Waals surface area contributed by atoms with Gasteiger partial charge in [-0.1, -0.05) is 0 Å². The van der Waals surface area contributed by atoms with Crippen LogP contribution >= 0.6 is 0 Å². The molecule has 0 aliphatic rings. The van der Waals surface area contributed by atoms with Crippen LogP contribution in [-0.2, 0) is 9.53 Å². The van der Waals surface area contributed by atoms with E-state index < -0.39 is 17.7 Å². The van der Waals surface area contributed by atoms with E-state index in [1.54, 1.807) is 27.7 Å². The second kappa shape index (κ2) is 5.72. The van der Waals surface area contributed by atoms with Gasteiger partial charge in [0.25, 0.3) is 0 Å². The smallest absolute Gasteiger partial charge is 0.408 e. The van der Waals surface area contributed by atoms with E-state index in [9.17, 15) is 9.59 Å². The van der Waals surface area contributed by atoms with Crippen molar-refractivity contribution in [1.29, 1.82) is 0 Å². The number of rotatable bonds is 3. The third kappa shape index (κ3) is 7.09. The first-order valence-corrected chi connectivity index (χ1v) is 5.41. The number of ether oxygens (including phenoxy) is 1. The summed E-state index contributed by atoms with van der Waals surface area (Å²) in [5, 5.41) is 5.17. The first-order valence-electron chi connectivity index (χ1n) is 5.41. The number of carbonyl (C=O) groups is 2. The van der Waals surface area contributed by atoms with Crippen molar-refractivity contribution in [2.45, 2.75) is 59.2 Å². The van der Waals surface area contributed by atoms with Crippen molar-refractivity contribution in [2.24, 2.45) is 0 Å². The van der Waals surface area contributed by atoms with Gasteiger partial charge in [-0.05, 0) is 41.5 Å². The van der Waals surface area contributed by atoms with Crippen molar-refractivity contribution in [1.82, 2.24) is 10.6 Å². The van der Waals surface area contributed by atoms with Crippen molar-refractivity contribution >= 4 is 12.0 Å². The number of amides is 2. The maximum atomic E-state index is 11.5. The molecule has 94 valence electrons. The summed E-state index contributed by atoms with van der Waals surface area (Å²) in [6, 6.07) is -0.548. The van der Waals surface area contributed by atoms with Crippen LogP contribution in [0.4, 0.5) is 4.79 Å². The minimum absolute atomic E-state index is 0.0513.